The van der Waals surface area contributed by atoms with E-state index in [0.29, 0.717) is 17.9 Å². The van der Waals surface area contributed by atoms with Gasteiger partial charge in [0.05, 0.1) is 0 Å². The largest absolute Gasteiger partial charge is 0.488 e. The molecule has 1 saturated heterocycles. The summed E-state index contributed by atoms with van der Waals surface area (Å²) in [5.74, 6) is -2.51. The van der Waals surface area contributed by atoms with E-state index in [2.05, 4.69) is 10.1 Å². The molecule has 0 bridgehead atoms. The molecule has 0 aliphatic carbocycles. The van der Waals surface area contributed by atoms with Crippen LogP contribution in [0.2, 0.25) is 0 Å². The molecule has 4 nitrogen and oxygen atoms in total. The summed E-state index contributed by atoms with van der Waals surface area (Å²) in [6.45, 7) is 3.08. The Labute approximate surface area is 144 Å². The lowest BCUT2D eigenvalue weighted by Gasteiger charge is -2.32. The molecule has 1 aliphatic rings. The Morgan fingerprint density at radius 1 is 1.20 bits per heavy atom. The lowest BCUT2D eigenvalue weighted by atomic mass is 9.95. The highest BCUT2D eigenvalue weighted by atomic mass is 19.3. The highest BCUT2D eigenvalue weighted by Crippen LogP contribution is 2.37. The number of carbonyl (C=O) groups excluding carboxylic acids is 1. The van der Waals surface area contributed by atoms with Crippen LogP contribution in [-0.2, 0) is 11.3 Å². The van der Waals surface area contributed by atoms with Crippen LogP contribution >= 0.6 is 0 Å². The Morgan fingerprint density at radius 3 is 2.48 bits per heavy atom. The lowest BCUT2D eigenvalue weighted by molar-refractivity contribution is -0.104. The third kappa shape index (κ3) is 3.73. The van der Waals surface area contributed by atoms with E-state index in [1.807, 2.05) is 30.3 Å². The number of hydrogen-bond acceptors (Lipinski definition) is 3. The molecular weight excluding hydrogens is 328 g/mol. The summed E-state index contributed by atoms with van der Waals surface area (Å²) in [4.78, 5) is 11.3. The Hall–Kier alpha value is -2.63. The lowest BCUT2D eigenvalue weighted by Crippen LogP contribution is -2.49. The minimum absolute atomic E-state index is 0.337. The Morgan fingerprint density at radius 2 is 1.84 bits per heavy atom. The minimum Gasteiger partial charge on any atom is -0.488 e. The summed E-state index contributed by atoms with van der Waals surface area (Å²) in [7, 11) is 0. The molecule has 0 spiro atoms. The van der Waals surface area contributed by atoms with Gasteiger partial charge in [-0.3, -0.25) is 0 Å². The zero-order chi connectivity index (χ0) is 18.0. The van der Waals surface area contributed by atoms with Crippen LogP contribution in [0.4, 0.5) is 13.6 Å². The number of ether oxygens (including phenoxy) is 2. The number of halogens is 2. The van der Waals surface area contributed by atoms with Crippen molar-refractivity contribution >= 4 is 6.09 Å². The van der Waals surface area contributed by atoms with E-state index in [-0.39, 0.29) is 0 Å². The van der Waals surface area contributed by atoms with E-state index in [9.17, 15) is 13.6 Å². The molecular formula is C19H19F2NO3. The molecule has 1 heterocycles. The molecule has 6 heteroatoms. The van der Waals surface area contributed by atoms with Crippen molar-refractivity contribution in [2.24, 2.45) is 0 Å². The fourth-order valence-corrected chi connectivity index (χ4v) is 2.95. The van der Waals surface area contributed by atoms with Crippen LogP contribution in [0.15, 0.2) is 42.5 Å². The normalized spacial score (nSPS) is 19.0. The van der Waals surface area contributed by atoms with Crippen molar-refractivity contribution in [2.75, 3.05) is 6.61 Å². The van der Waals surface area contributed by atoms with E-state index in [1.165, 1.54) is 0 Å². The van der Waals surface area contributed by atoms with Gasteiger partial charge in [0, 0.05) is 0 Å². The number of aryl methyl sites for hydroxylation is 2. The molecule has 2 aromatic rings. The van der Waals surface area contributed by atoms with Crippen LogP contribution in [-0.4, -0.2) is 18.6 Å². The van der Waals surface area contributed by atoms with Crippen LogP contribution < -0.4 is 10.1 Å². The Kier molecular flexibility index (Phi) is 4.61. The number of alkyl halides is 2. The Bertz CT molecular complexity index is 754. The molecule has 0 aromatic heterocycles. The van der Waals surface area contributed by atoms with Crippen molar-refractivity contribution in [3.05, 3.63) is 64.7 Å². The zero-order valence-corrected chi connectivity index (χ0v) is 14.0. The standard InChI is InChI=1S/C19H19F2NO3/c1-12-8-15(17-19(20,21)11-25-18(23)22-17)9-13(2)16(12)24-10-14-6-4-3-5-7-14/h3-9,17H,10-11H2,1-2H3,(H,22,23)/t17-/m0/s1. The van der Waals surface area contributed by atoms with Crippen molar-refractivity contribution in [3.8, 4) is 5.75 Å². The fourth-order valence-electron chi connectivity index (χ4n) is 2.95. The number of alkyl carbamates (subject to hydrolysis) is 1. The molecule has 0 saturated carbocycles. The van der Waals surface area contributed by atoms with Crippen LogP contribution in [0.3, 0.4) is 0 Å². The van der Waals surface area contributed by atoms with Crippen molar-refractivity contribution in [1.29, 1.82) is 0 Å². The highest BCUT2D eigenvalue weighted by Gasteiger charge is 2.47. The van der Waals surface area contributed by atoms with Gasteiger partial charge in [0.1, 0.15) is 18.4 Å². The predicted molar refractivity (Wildman–Crippen MR) is 88.9 cm³/mol. The van der Waals surface area contributed by atoms with E-state index in [0.717, 1.165) is 16.7 Å². The van der Waals surface area contributed by atoms with E-state index in [4.69, 9.17) is 4.74 Å². The van der Waals surface area contributed by atoms with E-state index < -0.39 is 24.7 Å². The summed E-state index contributed by atoms with van der Waals surface area (Å²) in [5.41, 5.74) is 2.84. The van der Waals surface area contributed by atoms with Gasteiger partial charge in [-0.25, -0.2) is 13.6 Å². The van der Waals surface area contributed by atoms with Gasteiger partial charge >= 0.3 is 12.0 Å². The van der Waals surface area contributed by atoms with Gasteiger partial charge in [-0.2, -0.15) is 0 Å². The first-order valence-corrected chi connectivity index (χ1v) is 7.96. The molecule has 1 atom stereocenters. The van der Waals surface area contributed by atoms with E-state index in [1.54, 1.807) is 26.0 Å². The van der Waals surface area contributed by atoms with Gasteiger partial charge < -0.3 is 14.8 Å². The maximum Gasteiger partial charge on any atom is 0.408 e. The zero-order valence-electron chi connectivity index (χ0n) is 14.0. The summed E-state index contributed by atoms with van der Waals surface area (Å²) in [6.07, 6.45) is -0.837. The average molecular weight is 347 g/mol. The molecule has 0 radical (unpaired) electrons. The molecule has 1 aliphatic heterocycles. The summed E-state index contributed by atoms with van der Waals surface area (Å²) in [5, 5.41) is 2.20. The topological polar surface area (TPSA) is 47.6 Å². The van der Waals surface area contributed by atoms with Crippen molar-refractivity contribution in [2.45, 2.75) is 32.4 Å². The predicted octanol–water partition coefficient (Wildman–Crippen LogP) is 4.30. The summed E-state index contributed by atoms with van der Waals surface area (Å²) < 4.78 is 38.4. The maximum atomic E-state index is 14.1. The number of nitrogens with one attached hydrogen (secondary N) is 1. The number of rotatable bonds is 4. The van der Waals surface area contributed by atoms with Crippen LogP contribution in [0, 0.1) is 13.8 Å². The van der Waals surface area contributed by atoms with Gasteiger partial charge in [0.2, 0.25) is 0 Å². The Balaban J connectivity index is 1.83. The second kappa shape index (κ2) is 6.70. The van der Waals surface area contributed by atoms with Crippen LogP contribution in [0.5, 0.6) is 5.75 Å². The summed E-state index contributed by atoms with van der Waals surface area (Å²) >= 11 is 0. The number of carbonyl (C=O) groups is 1. The second-order valence-corrected chi connectivity index (χ2v) is 6.17. The molecule has 1 fully saturated rings. The average Bonchev–Trinajstić information content (AvgIpc) is 2.57. The minimum atomic E-state index is -3.17. The van der Waals surface area contributed by atoms with Crippen LogP contribution in [0.1, 0.15) is 28.3 Å². The maximum absolute atomic E-state index is 14.1. The quantitative estimate of drug-likeness (QED) is 0.897. The summed E-state index contributed by atoms with van der Waals surface area (Å²) in [6, 6.07) is 11.5. The first kappa shape index (κ1) is 17.2. The fraction of sp³-hybridized carbons (Fsp3) is 0.316. The molecule has 1 amide bonds. The molecule has 2 aromatic carbocycles. The monoisotopic (exact) mass is 347 g/mol. The number of hydrogen-bond donors (Lipinski definition) is 1. The molecule has 25 heavy (non-hydrogen) atoms. The van der Waals surface area contributed by atoms with Crippen LogP contribution in [0.25, 0.3) is 0 Å². The van der Waals surface area contributed by atoms with E-state index >= 15 is 0 Å². The molecule has 1 N–H and O–H groups in total. The van der Waals surface area contributed by atoms with Crippen molar-refractivity contribution in [3.63, 3.8) is 0 Å². The number of amides is 1. The van der Waals surface area contributed by atoms with Gasteiger partial charge in [0.15, 0.2) is 6.61 Å². The third-order valence-corrected chi connectivity index (χ3v) is 4.12. The second-order valence-electron chi connectivity index (χ2n) is 6.17. The first-order chi connectivity index (χ1) is 11.9. The molecule has 132 valence electrons. The van der Waals surface area contributed by atoms with Crippen molar-refractivity contribution < 1.29 is 23.0 Å². The molecule has 0 unspecified atom stereocenters. The SMILES string of the molecule is Cc1cc([C@@H]2NC(=O)OCC2(F)F)cc(C)c1OCc1ccccc1. The highest BCUT2D eigenvalue weighted by molar-refractivity contribution is 5.69. The smallest absolute Gasteiger partial charge is 0.408 e. The van der Waals surface area contributed by atoms with Gasteiger partial charge in [-0.05, 0) is 36.1 Å². The van der Waals surface area contributed by atoms with Gasteiger partial charge in [-0.15, -0.1) is 0 Å². The number of benzene rings is 2. The third-order valence-electron chi connectivity index (χ3n) is 4.12. The van der Waals surface area contributed by atoms with Crippen molar-refractivity contribution in [1.82, 2.24) is 5.32 Å². The molecule has 3 rings (SSSR count). The van der Waals surface area contributed by atoms with Gasteiger partial charge in [0.25, 0.3) is 0 Å². The first-order valence-electron chi connectivity index (χ1n) is 7.96. The number of cyclic esters (lactones) is 1. The van der Waals surface area contributed by atoms with Gasteiger partial charge in [-0.1, -0.05) is 42.5 Å².